The highest BCUT2D eigenvalue weighted by Crippen LogP contribution is 2.33. The van der Waals surface area contributed by atoms with E-state index in [1.165, 1.54) is 18.2 Å². The number of alkyl halides is 3. The van der Waals surface area contributed by atoms with Crippen molar-refractivity contribution in [2.75, 3.05) is 43.4 Å². The largest absolute Gasteiger partial charge is 0.457 e. The molecule has 8 heteroatoms. The zero-order chi connectivity index (χ0) is 24.3. The van der Waals surface area contributed by atoms with Crippen LogP contribution >= 0.6 is 0 Å². The fourth-order valence-corrected chi connectivity index (χ4v) is 3.82. The third kappa shape index (κ3) is 5.69. The molecule has 0 spiro atoms. The molecular weight excluding hydrogens is 443 g/mol. The SMILES string of the molecule is Cc1cc(N2CCN(C)CC2)ccc1NC(=O)c1cccc(Oc2cccc(C(F)(F)F)c2)c1. The Morgan fingerprint density at radius 1 is 0.912 bits per heavy atom. The van der Waals surface area contributed by atoms with Crippen LogP contribution in [0.3, 0.4) is 0 Å². The van der Waals surface area contributed by atoms with E-state index in [0.29, 0.717) is 11.3 Å². The topological polar surface area (TPSA) is 44.8 Å². The molecule has 4 rings (SSSR count). The second kappa shape index (κ2) is 9.77. The number of likely N-dealkylation sites (N-methyl/N-ethyl adjacent to an activating group) is 1. The molecule has 0 atom stereocenters. The van der Waals surface area contributed by atoms with Gasteiger partial charge in [-0.15, -0.1) is 0 Å². The molecule has 1 aliphatic heterocycles. The van der Waals surface area contributed by atoms with Gasteiger partial charge in [0.2, 0.25) is 0 Å². The molecule has 0 bridgehead atoms. The van der Waals surface area contributed by atoms with Crippen molar-refractivity contribution in [2.24, 2.45) is 0 Å². The van der Waals surface area contributed by atoms with Crippen LogP contribution in [0.1, 0.15) is 21.5 Å². The average Bonchev–Trinajstić information content (AvgIpc) is 2.81. The lowest BCUT2D eigenvalue weighted by Crippen LogP contribution is -2.44. The summed E-state index contributed by atoms with van der Waals surface area (Å²) in [6.07, 6.45) is -4.46. The minimum atomic E-state index is -4.46. The van der Waals surface area contributed by atoms with Crippen LogP contribution in [0, 0.1) is 6.92 Å². The highest BCUT2D eigenvalue weighted by molar-refractivity contribution is 6.05. The zero-order valence-electron chi connectivity index (χ0n) is 19.0. The summed E-state index contributed by atoms with van der Waals surface area (Å²) < 4.78 is 44.4. The second-order valence-electron chi connectivity index (χ2n) is 8.40. The van der Waals surface area contributed by atoms with Crippen LogP contribution in [0.4, 0.5) is 24.5 Å². The first kappa shape index (κ1) is 23.6. The van der Waals surface area contributed by atoms with Crippen molar-refractivity contribution < 1.29 is 22.7 Å². The minimum absolute atomic E-state index is 0.0442. The molecule has 0 aliphatic carbocycles. The van der Waals surface area contributed by atoms with Gasteiger partial charge in [-0.3, -0.25) is 4.79 Å². The number of piperazine rings is 1. The Balaban J connectivity index is 1.44. The molecule has 1 amide bonds. The van der Waals surface area contributed by atoms with Crippen molar-refractivity contribution in [3.05, 3.63) is 83.4 Å². The monoisotopic (exact) mass is 469 g/mol. The highest BCUT2D eigenvalue weighted by Gasteiger charge is 2.30. The summed E-state index contributed by atoms with van der Waals surface area (Å²) >= 11 is 0. The van der Waals surface area contributed by atoms with Gasteiger partial charge in [-0.1, -0.05) is 12.1 Å². The van der Waals surface area contributed by atoms with Gasteiger partial charge in [0.25, 0.3) is 5.91 Å². The molecule has 0 unspecified atom stereocenters. The summed E-state index contributed by atoms with van der Waals surface area (Å²) in [5, 5.41) is 2.91. The highest BCUT2D eigenvalue weighted by atomic mass is 19.4. The standard InChI is InChI=1S/C26H26F3N3O2/c1-18-15-21(32-13-11-31(2)12-14-32)9-10-24(18)30-25(33)19-5-3-7-22(16-19)34-23-8-4-6-20(17-23)26(27,28)29/h3-10,15-17H,11-14H2,1-2H3,(H,30,33). The van der Waals surface area contributed by atoms with Gasteiger partial charge in [-0.05, 0) is 74.1 Å². The van der Waals surface area contributed by atoms with Crippen molar-refractivity contribution in [1.29, 1.82) is 0 Å². The number of carbonyl (C=O) groups excluding carboxylic acids is 1. The van der Waals surface area contributed by atoms with E-state index in [-0.39, 0.29) is 17.4 Å². The fraction of sp³-hybridized carbons (Fsp3) is 0.269. The minimum Gasteiger partial charge on any atom is -0.457 e. The third-order valence-electron chi connectivity index (χ3n) is 5.82. The Morgan fingerprint density at radius 2 is 1.59 bits per heavy atom. The van der Waals surface area contributed by atoms with E-state index in [1.807, 2.05) is 19.1 Å². The Bertz CT molecular complexity index is 1170. The Morgan fingerprint density at radius 3 is 2.26 bits per heavy atom. The molecule has 3 aromatic rings. The number of amides is 1. The van der Waals surface area contributed by atoms with Gasteiger partial charge in [0.1, 0.15) is 11.5 Å². The van der Waals surface area contributed by atoms with Gasteiger partial charge in [0.15, 0.2) is 0 Å². The molecule has 0 aromatic heterocycles. The maximum Gasteiger partial charge on any atom is 0.416 e. The molecule has 0 saturated carbocycles. The predicted octanol–water partition coefficient (Wildman–Crippen LogP) is 5.81. The van der Waals surface area contributed by atoms with E-state index >= 15 is 0 Å². The van der Waals surface area contributed by atoms with E-state index in [9.17, 15) is 18.0 Å². The number of hydrogen-bond acceptors (Lipinski definition) is 4. The van der Waals surface area contributed by atoms with Crippen molar-refractivity contribution in [1.82, 2.24) is 4.90 Å². The molecule has 1 heterocycles. The number of nitrogens with one attached hydrogen (secondary N) is 1. The van der Waals surface area contributed by atoms with E-state index in [0.717, 1.165) is 49.6 Å². The fourth-order valence-electron chi connectivity index (χ4n) is 3.82. The van der Waals surface area contributed by atoms with Gasteiger partial charge in [0, 0.05) is 43.1 Å². The predicted molar refractivity (Wildman–Crippen MR) is 127 cm³/mol. The lowest BCUT2D eigenvalue weighted by atomic mass is 10.1. The smallest absolute Gasteiger partial charge is 0.416 e. The number of anilines is 2. The molecule has 1 saturated heterocycles. The molecular formula is C26H26F3N3O2. The van der Waals surface area contributed by atoms with Crippen molar-refractivity contribution in [3.8, 4) is 11.5 Å². The lowest BCUT2D eigenvalue weighted by molar-refractivity contribution is -0.137. The Hall–Kier alpha value is -3.52. The summed E-state index contributed by atoms with van der Waals surface area (Å²) in [7, 11) is 2.11. The van der Waals surface area contributed by atoms with Gasteiger partial charge in [-0.25, -0.2) is 0 Å². The number of rotatable bonds is 5. The van der Waals surface area contributed by atoms with Gasteiger partial charge >= 0.3 is 6.18 Å². The number of benzene rings is 3. The van der Waals surface area contributed by atoms with Crippen molar-refractivity contribution in [3.63, 3.8) is 0 Å². The molecule has 34 heavy (non-hydrogen) atoms. The summed E-state index contributed by atoms with van der Waals surface area (Å²) in [5.74, 6) is -0.0122. The number of hydrogen-bond donors (Lipinski definition) is 1. The summed E-state index contributed by atoms with van der Waals surface area (Å²) in [5.41, 5.74) is 2.31. The average molecular weight is 470 g/mol. The number of ether oxygens (including phenoxy) is 1. The van der Waals surface area contributed by atoms with Crippen LogP contribution < -0.4 is 15.0 Å². The molecule has 1 N–H and O–H groups in total. The summed E-state index contributed by atoms with van der Waals surface area (Å²) in [4.78, 5) is 17.5. The lowest BCUT2D eigenvalue weighted by Gasteiger charge is -2.34. The quantitative estimate of drug-likeness (QED) is 0.512. The van der Waals surface area contributed by atoms with Crippen LogP contribution in [0.25, 0.3) is 0 Å². The number of aryl methyl sites for hydroxylation is 1. The van der Waals surface area contributed by atoms with Gasteiger partial charge in [0.05, 0.1) is 5.56 Å². The normalized spacial score (nSPS) is 14.7. The first-order valence-corrected chi connectivity index (χ1v) is 11.0. The molecule has 3 aromatic carbocycles. The van der Waals surface area contributed by atoms with Crippen LogP contribution in [0.5, 0.6) is 11.5 Å². The van der Waals surface area contributed by atoms with Crippen LogP contribution in [0.2, 0.25) is 0 Å². The molecule has 178 valence electrons. The van der Waals surface area contributed by atoms with Gasteiger partial charge in [-0.2, -0.15) is 13.2 Å². The first-order valence-electron chi connectivity index (χ1n) is 11.0. The maximum atomic E-state index is 12.9. The molecule has 1 aliphatic rings. The Labute approximate surface area is 196 Å². The molecule has 0 radical (unpaired) electrons. The third-order valence-corrected chi connectivity index (χ3v) is 5.82. The summed E-state index contributed by atoms with van der Waals surface area (Å²) in [6.45, 7) is 5.88. The van der Waals surface area contributed by atoms with Gasteiger partial charge < -0.3 is 19.9 Å². The zero-order valence-corrected chi connectivity index (χ0v) is 19.0. The van der Waals surface area contributed by atoms with E-state index in [1.54, 1.807) is 18.2 Å². The Kier molecular flexibility index (Phi) is 6.79. The number of halogens is 3. The number of carbonyl (C=O) groups is 1. The van der Waals surface area contributed by atoms with Crippen molar-refractivity contribution >= 4 is 17.3 Å². The van der Waals surface area contributed by atoms with E-state index in [2.05, 4.69) is 28.2 Å². The van der Waals surface area contributed by atoms with Crippen LogP contribution in [-0.2, 0) is 6.18 Å². The van der Waals surface area contributed by atoms with E-state index < -0.39 is 11.7 Å². The number of nitrogens with zero attached hydrogens (tertiary/aromatic N) is 2. The molecule has 1 fully saturated rings. The van der Waals surface area contributed by atoms with E-state index in [4.69, 9.17) is 4.74 Å². The maximum absolute atomic E-state index is 12.9. The summed E-state index contributed by atoms with van der Waals surface area (Å²) in [6, 6.07) is 16.9. The molecule has 5 nitrogen and oxygen atoms in total. The van der Waals surface area contributed by atoms with Crippen LogP contribution in [-0.4, -0.2) is 44.0 Å². The second-order valence-corrected chi connectivity index (χ2v) is 8.40. The van der Waals surface area contributed by atoms with Crippen LogP contribution in [0.15, 0.2) is 66.7 Å². The first-order chi connectivity index (χ1) is 16.2. The van der Waals surface area contributed by atoms with Crippen molar-refractivity contribution in [2.45, 2.75) is 13.1 Å².